The molecular formula is C16H13ClN2OS. The van der Waals surface area contributed by atoms with Crippen molar-refractivity contribution in [1.29, 1.82) is 0 Å². The number of aromatic amines is 1. The summed E-state index contributed by atoms with van der Waals surface area (Å²) < 4.78 is 0. The maximum absolute atomic E-state index is 12.1. The summed E-state index contributed by atoms with van der Waals surface area (Å²) in [7, 11) is 0. The lowest BCUT2D eigenvalue weighted by molar-refractivity contribution is 0.102. The van der Waals surface area contributed by atoms with Crippen LogP contribution in [0.4, 0.5) is 0 Å². The number of benzene rings is 2. The SMILES string of the molecule is Cc1ccc(C(=O)CSc2nc3ccc(Cl)cc3[nH]2)cc1. The maximum atomic E-state index is 12.1. The zero-order valence-electron chi connectivity index (χ0n) is 11.4. The van der Waals surface area contributed by atoms with Gasteiger partial charge in [0.1, 0.15) is 0 Å². The molecule has 21 heavy (non-hydrogen) atoms. The van der Waals surface area contributed by atoms with E-state index in [0.717, 1.165) is 27.3 Å². The smallest absolute Gasteiger partial charge is 0.173 e. The fourth-order valence-electron chi connectivity index (χ4n) is 1.98. The molecule has 0 fully saturated rings. The Kier molecular flexibility index (Phi) is 3.99. The Morgan fingerprint density at radius 1 is 1.24 bits per heavy atom. The minimum absolute atomic E-state index is 0.0958. The molecule has 0 aliphatic heterocycles. The predicted molar refractivity (Wildman–Crippen MR) is 87.3 cm³/mol. The molecule has 0 spiro atoms. The van der Waals surface area contributed by atoms with E-state index in [1.165, 1.54) is 11.8 Å². The highest BCUT2D eigenvalue weighted by Gasteiger charge is 2.09. The lowest BCUT2D eigenvalue weighted by Crippen LogP contribution is -2.02. The largest absolute Gasteiger partial charge is 0.333 e. The van der Waals surface area contributed by atoms with Crippen molar-refractivity contribution in [3.05, 3.63) is 58.6 Å². The lowest BCUT2D eigenvalue weighted by Gasteiger charge is -2.00. The van der Waals surface area contributed by atoms with Crippen molar-refractivity contribution >= 4 is 40.2 Å². The number of halogens is 1. The van der Waals surface area contributed by atoms with E-state index in [2.05, 4.69) is 9.97 Å². The van der Waals surface area contributed by atoms with Gasteiger partial charge >= 0.3 is 0 Å². The van der Waals surface area contributed by atoms with Gasteiger partial charge in [-0.05, 0) is 25.1 Å². The second-order valence-corrected chi connectivity index (χ2v) is 6.18. The van der Waals surface area contributed by atoms with Gasteiger partial charge in [0.15, 0.2) is 10.9 Å². The standard InChI is InChI=1S/C16H13ClN2OS/c1-10-2-4-11(5-3-10)15(20)9-21-16-18-13-7-6-12(17)8-14(13)19-16/h2-8H,9H2,1H3,(H,18,19). The monoisotopic (exact) mass is 316 g/mol. The highest BCUT2D eigenvalue weighted by atomic mass is 35.5. The number of imidazole rings is 1. The molecule has 1 heterocycles. The molecule has 106 valence electrons. The molecule has 0 saturated carbocycles. The third kappa shape index (κ3) is 3.28. The first kappa shape index (κ1) is 14.2. The van der Waals surface area contributed by atoms with Crippen LogP contribution in [0.5, 0.6) is 0 Å². The van der Waals surface area contributed by atoms with Gasteiger partial charge < -0.3 is 4.98 Å². The summed E-state index contributed by atoms with van der Waals surface area (Å²) >= 11 is 7.34. The van der Waals surface area contributed by atoms with Crippen LogP contribution in [0.25, 0.3) is 11.0 Å². The van der Waals surface area contributed by atoms with Gasteiger partial charge in [0.05, 0.1) is 16.8 Å². The number of fused-ring (bicyclic) bond motifs is 1. The number of hydrogen-bond acceptors (Lipinski definition) is 3. The van der Waals surface area contributed by atoms with Crippen LogP contribution in [0.3, 0.4) is 0 Å². The molecule has 0 amide bonds. The van der Waals surface area contributed by atoms with E-state index < -0.39 is 0 Å². The molecule has 5 heteroatoms. The summed E-state index contributed by atoms with van der Waals surface area (Å²) in [5, 5.41) is 1.39. The molecular weight excluding hydrogens is 304 g/mol. The Morgan fingerprint density at radius 3 is 2.76 bits per heavy atom. The van der Waals surface area contributed by atoms with Gasteiger partial charge in [0, 0.05) is 10.6 Å². The fraction of sp³-hybridized carbons (Fsp3) is 0.125. The Hall–Kier alpha value is -1.78. The second-order valence-electron chi connectivity index (χ2n) is 4.78. The lowest BCUT2D eigenvalue weighted by atomic mass is 10.1. The number of carbonyl (C=O) groups is 1. The highest BCUT2D eigenvalue weighted by molar-refractivity contribution is 7.99. The van der Waals surface area contributed by atoms with Crippen LogP contribution in [0.2, 0.25) is 5.02 Å². The number of nitrogens with zero attached hydrogens (tertiary/aromatic N) is 1. The number of rotatable bonds is 4. The van der Waals surface area contributed by atoms with Gasteiger partial charge in [0.2, 0.25) is 0 Å². The highest BCUT2D eigenvalue weighted by Crippen LogP contribution is 2.22. The molecule has 1 aromatic heterocycles. The molecule has 0 unspecified atom stereocenters. The fourth-order valence-corrected chi connectivity index (χ4v) is 2.94. The summed E-state index contributed by atoms with van der Waals surface area (Å²) in [6, 6.07) is 13.1. The summed E-state index contributed by atoms with van der Waals surface area (Å²) in [6.07, 6.45) is 0. The predicted octanol–water partition coefficient (Wildman–Crippen LogP) is 4.50. The summed E-state index contributed by atoms with van der Waals surface area (Å²) in [5.74, 6) is 0.454. The quantitative estimate of drug-likeness (QED) is 0.569. The summed E-state index contributed by atoms with van der Waals surface area (Å²) in [5.41, 5.74) is 3.61. The number of ketones is 1. The molecule has 0 bridgehead atoms. The van der Waals surface area contributed by atoms with E-state index in [4.69, 9.17) is 11.6 Å². The molecule has 3 rings (SSSR count). The van der Waals surface area contributed by atoms with Crippen molar-refractivity contribution in [2.45, 2.75) is 12.1 Å². The average Bonchev–Trinajstić information content (AvgIpc) is 2.87. The second kappa shape index (κ2) is 5.92. The van der Waals surface area contributed by atoms with Crippen LogP contribution < -0.4 is 0 Å². The molecule has 2 aromatic carbocycles. The van der Waals surface area contributed by atoms with E-state index in [9.17, 15) is 4.79 Å². The number of carbonyl (C=O) groups excluding carboxylic acids is 1. The Bertz CT molecular complexity index is 796. The van der Waals surface area contributed by atoms with E-state index in [-0.39, 0.29) is 5.78 Å². The number of hydrogen-bond donors (Lipinski definition) is 1. The van der Waals surface area contributed by atoms with E-state index >= 15 is 0 Å². The van der Waals surface area contributed by atoms with Crippen LogP contribution in [0.1, 0.15) is 15.9 Å². The molecule has 0 radical (unpaired) electrons. The molecule has 3 aromatic rings. The zero-order valence-corrected chi connectivity index (χ0v) is 13.0. The number of Topliss-reactive ketones (excluding diaryl/α,β-unsaturated/α-hetero) is 1. The Morgan fingerprint density at radius 2 is 2.00 bits per heavy atom. The summed E-state index contributed by atoms with van der Waals surface area (Å²) in [6.45, 7) is 2.00. The molecule has 0 aliphatic rings. The maximum Gasteiger partial charge on any atom is 0.173 e. The van der Waals surface area contributed by atoms with Crippen LogP contribution in [-0.2, 0) is 0 Å². The van der Waals surface area contributed by atoms with E-state index in [0.29, 0.717) is 10.8 Å². The number of H-pyrrole nitrogens is 1. The minimum Gasteiger partial charge on any atom is -0.333 e. The first-order valence-corrected chi connectivity index (χ1v) is 7.86. The first-order valence-electron chi connectivity index (χ1n) is 6.50. The molecule has 0 atom stereocenters. The van der Waals surface area contributed by atoms with Crippen molar-refractivity contribution in [3.8, 4) is 0 Å². The normalized spacial score (nSPS) is 11.0. The first-order chi connectivity index (χ1) is 10.1. The number of nitrogens with one attached hydrogen (secondary N) is 1. The Balaban J connectivity index is 1.71. The van der Waals surface area contributed by atoms with Gasteiger partial charge in [-0.3, -0.25) is 4.79 Å². The third-order valence-corrected chi connectivity index (χ3v) is 4.24. The van der Waals surface area contributed by atoms with Crippen molar-refractivity contribution < 1.29 is 4.79 Å². The van der Waals surface area contributed by atoms with E-state index in [1.807, 2.05) is 43.3 Å². The number of aromatic nitrogens is 2. The molecule has 1 N–H and O–H groups in total. The van der Waals surface area contributed by atoms with Gasteiger partial charge in [0.25, 0.3) is 0 Å². The van der Waals surface area contributed by atoms with Crippen LogP contribution in [0.15, 0.2) is 47.6 Å². The number of thioether (sulfide) groups is 1. The van der Waals surface area contributed by atoms with Crippen molar-refractivity contribution in [2.24, 2.45) is 0 Å². The van der Waals surface area contributed by atoms with E-state index in [1.54, 1.807) is 6.07 Å². The number of aryl methyl sites for hydroxylation is 1. The minimum atomic E-state index is 0.0958. The van der Waals surface area contributed by atoms with Crippen molar-refractivity contribution in [3.63, 3.8) is 0 Å². The molecule has 0 saturated heterocycles. The van der Waals surface area contributed by atoms with Crippen LogP contribution in [-0.4, -0.2) is 21.5 Å². The van der Waals surface area contributed by atoms with Gasteiger partial charge in [-0.2, -0.15) is 0 Å². The van der Waals surface area contributed by atoms with Crippen LogP contribution in [0, 0.1) is 6.92 Å². The Labute approximate surface area is 131 Å². The molecule has 3 nitrogen and oxygen atoms in total. The summed E-state index contributed by atoms with van der Waals surface area (Å²) in [4.78, 5) is 19.7. The third-order valence-electron chi connectivity index (χ3n) is 3.14. The van der Waals surface area contributed by atoms with Gasteiger partial charge in [-0.25, -0.2) is 4.98 Å². The van der Waals surface area contributed by atoms with Crippen LogP contribution >= 0.6 is 23.4 Å². The van der Waals surface area contributed by atoms with Crippen molar-refractivity contribution in [1.82, 2.24) is 9.97 Å². The van der Waals surface area contributed by atoms with Gasteiger partial charge in [-0.15, -0.1) is 0 Å². The topological polar surface area (TPSA) is 45.8 Å². The molecule has 0 aliphatic carbocycles. The van der Waals surface area contributed by atoms with Crippen molar-refractivity contribution in [2.75, 3.05) is 5.75 Å². The average molecular weight is 317 g/mol. The van der Waals surface area contributed by atoms with Gasteiger partial charge in [-0.1, -0.05) is 53.2 Å². The zero-order chi connectivity index (χ0) is 14.8.